The Hall–Kier alpha value is -2.14. The van der Waals surface area contributed by atoms with Gasteiger partial charge in [0.25, 0.3) is 0 Å². The van der Waals surface area contributed by atoms with Crippen molar-refractivity contribution in [2.24, 2.45) is 0 Å². The van der Waals surface area contributed by atoms with Gasteiger partial charge in [0.05, 0.1) is 5.69 Å². The van der Waals surface area contributed by atoms with Gasteiger partial charge in [-0.3, -0.25) is 0 Å². The van der Waals surface area contributed by atoms with Crippen molar-refractivity contribution in [2.45, 2.75) is 38.0 Å². The van der Waals surface area contributed by atoms with Crippen molar-refractivity contribution < 1.29 is 4.79 Å². The van der Waals surface area contributed by atoms with Crippen LogP contribution in [0.1, 0.15) is 37.8 Å². The number of nitrogens with zero attached hydrogens (tertiary/aromatic N) is 2. The Kier molecular flexibility index (Phi) is 6.89. The first-order valence-corrected chi connectivity index (χ1v) is 11.3. The van der Waals surface area contributed by atoms with E-state index in [2.05, 4.69) is 79.7 Å². The minimum Gasteiger partial charge on any atom is -0.367 e. The summed E-state index contributed by atoms with van der Waals surface area (Å²) in [4.78, 5) is 18.6. The van der Waals surface area contributed by atoms with E-state index >= 15 is 0 Å². The first-order valence-electron chi connectivity index (χ1n) is 10.1. The van der Waals surface area contributed by atoms with Crippen molar-refractivity contribution in [2.75, 3.05) is 42.7 Å². The van der Waals surface area contributed by atoms with E-state index in [0.29, 0.717) is 5.92 Å². The fourth-order valence-electron chi connectivity index (χ4n) is 3.78. The molecular formula is C23H31N3OS. The van der Waals surface area contributed by atoms with Gasteiger partial charge in [0, 0.05) is 36.8 Å². The Balaban J connectivity index is 1.68. The van der Waals surface area contributed by atoms with Crippen LogP contribution in [0.15, 0.2) is 47.4 Å². The molecule has 28 heavy (non-hydrogen) atoms. The van der Waals surface area contributed by atoms with Crippen LogP contribution in [0.25, 0.3) is 0 Å². The van der Waals surface area contributed by atoms with Crippen molar-refractivity contribution in [3.63, 3.8) is 0 Å². The highest BCUT2D eigenvalue weighted by atomic mass is 32.2. The summed E-state index contributed by atoms with van der Waals surface area (Å²) in [6.07, 6.45) is 3.02. The second kappa shape index (κ2) is 9.37. The minimum absolute atomic E-state index is 0.0144. The van der Waals surface area contributed by atoms with E-state index in [1.807, 2.05) is 4.90 Å². The zero-order chi connectivity index (χ0) is 20.1. The van der Waals surface area contributed by atoms with Crippen LogP contribution in [0.2, 0.25) is 0 Å². The number of para-hydroxylation sites is 2. The highest BCUT2D eigenvalue weighted by Gasteiger charge is 2.23. The minimum atomic E-state index is 0.0144. The van der Waals surface area contributed by atoms with E-state index < -0.39 is 0 Å². The third kappa shape index (κ3) is 4.46. The van der Waals surface area contributed by atoms with Gasteiger partial charge in [-0.15, -0.1) is 11.8 Å². The number of urea groups is 1. The summed E-state index contributed by atoms with van der Waals surface area (Å²) in [6, 6.07) is 14.8. The predicted octanol–water partition coefficient (Wildman–Crippen LogP) is 5.45. The highest BCUT2D eigenvalue weighted by Crippen LogP contribution is 2.30. The van der Waals surface area contributed by atoms with Crippen LogP contribution in [0.5, 0.6) is 0 Å². The molecule has 1 N–H and O–H groups in total. The van der Waals surface area contributed by atoms with Crippen molar-refractivity contribution in [3.05, 3.63) is 53.6 Å². The summed E-state index contributed by atoms with van der Waals surface area (Å²) in [6.45, 7) is 9.67. The Morgan fingerprint density at radius 3 is 2.43 bits per heavy atom. The lowest BCUT2D eigenvalue weighted by molar-refractivity contribution is 0.208. The Labute approximate surface area is 173 Å². The molecule has 0 unspecified atom stereocenters. The van der Waals surface area contributed by atoms with Gasteiger partial charge in [0.2, 0.25) is 0 Å². The van der Waals surface area contributed by atoms with Gasteiger partial charge in [-0.05, 0) is 41.9 Å². The molecule has 1 saturated heterocycles. The van der Waals surface area contributed by atoms with Crippen LogP contribution in [-0.4, -0.2) is 43.4 Å². The summed E-state index contributed by atoms with van der Waals surface area (Å²) in [5.41, 5.74) is 4.68. The average Bonchev–Trinajstić information content (AvgIpc) is 2.73. The molecule has 3 rings (SSSR count). The largest absolute Gasteiger partial charge is 0.367 e. The van der Waals surface area contributed by atoms with Crippen molar-refractivity contribution >= 4 is 29.2 Å². The summed E-state index contributed by atoms with van der Waals surface area (Å²) in [5, 5.41) is 3.22. The van der Waals surface area contributed by atoms with Crippen molar-refractivity contribution in [1.29, 1.82) is 0 Å². The number of hydrogen-bond donors (Lipinski definition) is 1. The molecule has 150 valence electrons. The first-order chi connectivity index (χ1) is 13.5. The quantitative estimate of drug-likeness (QED) is 0.682. The van der Waals surface area contributed by atoms with Gasteiger partial charge in [-0.1, -0.05) is 51.1 Å². The smallest absolute Gasteiger partial charge is 0.321 e. The maximum atomic E-state index is 13.0. The highest BCUT2D eigenvalue weighted by molar-refractivity contribution is 7.98. The molecule has 0 radical (unpaired) electrons. The number of nitrogens with one attached hydrogen (secondary N) is 1. The second-order valence-electron chi connectivity index (χ2n) is 7.47. The normalized spacial score (nSPS) is 14.5. The molecule has 1 heterocycles. The number of hydrogen-bond acceptors (Lipinski definition) is 3. The predicted molar refractivity (Wildman–Crippen MR) is 121 cm³/mol. The van der Waals surface area contributed by atoms with E-state index in [-0.39, 0.29) is 6.03 Å². The van der Waals surface area contributed by atoms with Gasteiger partial charge < -0.3 is 15.1 Å². The number of anilines is 2. The number of amides is 2. The lowest BCUT2D eigenvalue weighted by Crippen LogP contribution is -2.50. The standard InChI is InChI=1S/C23H31N3OS/c1-5-18-9-8-10-19(17(2)3)22(18)24-23(27)26-15-13-25(14-16-26)20-11-6-7-12-21(20)28-4/h6-12,17H,5,13-16H2,1-4H3,(H,24,27). The molecule has 2 amide bonds. The number of carbonyl (C=O) groups is 1. The SMILES string of the molecule is CCc1cccc(C(C)C)c1NC(=O)N1CCN(c2ccccc2SC)CC1. The topological polar surface area (TPSA) is 35.6 Å². The number of piperazine rings is 1. The van der Waals surface area contributed by atoms with Gasteiger partial charge in [-0.25, -0.2) is 4.79 Å². The second-order valence-corrected chi connectivity index (χ2v) is 8.31. The fourth-order valence-corrected chi connectivity index (χ4v) is 4.40. The molecule has 2 aromatic carbocycles. The van der Waals surface area contributed by atoms with Crippen LogP contribution in [-0.2, 0) is 6.42 Å². The maximum absolute atomic E-state index is 13.0. The van der Waals surface area contributed by atoms with Crippen LogP contribution in [0.4, 0.5) is 16.2 Å². The summed E-state index contributed by atoms with van der Waals surface area (Å²) in [5.74, 6) is 0.377. The van der Waals surface area contributed by atoms with Crippen LogP contribution < -0.4 is 10.2 Å². The molecule has 0 aromatic heterocycles. The molecular weight excluding hydrogens is 366 g/mol. The molecule has 1 fully saturated rings. The van der Waals surface area contributed by atoms with Gasteiger partial charge in [0.1, 0.15) is 0 Å². The van der Waals surface area contributed by atoms with Crippen LogP contribution in [0, 0.1) is 0 Å². The summed E-state index contributed by atoms with van der Waals surface area (Å²) < 4.78 is 0. The lowest BCUT2D eigenvalue weighted by atomic mass is 9.96. The molecule has 5 heteroatoms. The number of thioether (sulfide) groups is 1. The van der Waals surface area contributed by atoms with E-state index in [4.69, 9.17) is 0 Å². The first kappa shape index (κ1) is 20.6. The third-order valence-electron chi connectivity index (χ3n) is 5.41. The molecule has 1 aliphatic heterocycles. The average molecular weight is 398 g/mol. The Morgan fingerprint density at radius 1 is 1.07 bits per heavy atom. The van der Waals surface area contributed by atoms with Gasteiger partial charge in [0.15, 0.2) is 0 Å². The van der Waals surface area contributed by atoms with E-state index in [1.54, 1.807) is 11.8 Å². The van der Waals surface area contributed by atoms with Gasteiger partial charge in [-0.2, -0.15) is 0 Å². The molecule has 0 bridgehead atoms. The maximum Gasteiger partial charge on any atom is 0.321 e. The number of benzene rings is 2. The monoisotopic (exact) mass is 397 g/mol. The molecule has 2 aromatic rings. The zero-order valence-corrected chi connectivity index (χ0v) is 18.2. The van der Waals surface area contributed by atoms with E-state index in [0.717, 1.165) is 38.3 Å². The molecule has 1 aliphatic rings. The van der Waals surface area contributed by atoms with Crippen molar-refractivity contribution in [1.82, 2.24) is 4.90 Å². The molecule has 4 nitrogen and oxygen atoms in total. The zero-order valence-electron chi connectivity index (χ0n) is 17.4. The molecule has 0 spiro atoms. The Morgan fingerprint density at radius 2 is 1.79 bits per heavy atom. The van der Waals surface area contributed by atoms with Crippen LogP contribution in [0.3, 0.4) is 0 Å². The van der Waals surface area contributed by atoms with E-state index in [9.17, 15) is 4.79 Å². The van der Waals surface area contributed by atoms with E-state index in [1.165, 1.54) is 21.7 Å². The Bertz CT molecular complexity index is 813. The van der Waals surface area contributed by atoms with Crippen molar-refractivity contribution in [3.8, 4) is 0 Å². The lowest BCUT2D eigenvalue weighted by Gasteiger charge is -2.37. The number of aryl methyl sites for hydroxylation is 1. The molecule has 0 atom stereocenters. The number of carbonyl (C=O) groups excluding carboxylic acids is 1. The molecule has 0 aliphatic carbocycles. The molecule has 0 saturated carbocycles. The summed E-state index contributed by atoms with van der Waals surface area (Å²) in [7, 11) is 0. The fraction of sp³-hybridized carbons (Fsp3) is 0.435. The van der Waals surface area contributed by atoms with Gasteiger partial charge >= 0.3 is 6.03 Å². The number of rotatable bonds is 5. The summed E-state index contributed by atoms with van der Waals surface area (Å²) >= 11 is 1.77. The third-order valence-corrected chi connectivity index (χ3v) is 6.20. The van der Waals surface area contributed by atoms with Crippen LogP contribution >= 0.6 is 11.8 Å².